The molecule has 0 amide bonds. The minimum Gasteiger partial charge on any atom is -0.482 e. The average Bonchev–Trinajstić information content (AvgIpc) is 3.56. The van der Waals surface area contributed by atoms with E-state index in [9.17, 15) is 17.6 Å². The summed E-state index contributed by atoms with van der Waals surface area (Å²) in [5.74, 6) is 0.236. The van der Waals surface area contributed by atoms with Gasteiger partial charge in [-0.2, -0.15) is 18.3 Å². The summed E-state index contributed by atoms with van der Waals surface area (Å²) in [7, 11) is 0. The highest BCUT2D eigenvalue weighted by Crippen LogP contribution is 2.36. The summed E-state index contributed by atoms with van der Waals surface area (Å²) in [5.41, 5.74) is 13.3. The predicted molar refractivity (Wildman–Crippen MR) is 126 cm³/mol. The summed E-state index contributed by atoms with van der Waals surface area (Å²) in [6, 6.07) is 6.39. The van der Waals surface area contributed by atoms with Crippen LogP contribution in [0.2, 0.25) is 0 Å². The molecule has 3 aromatic rings. The van der Waals surface area contributed by atoms with Gasteiger partial charge in [0.05, 0.1) is 11.4 Å². The fourth-order valence-electron chi connectivity index (χ4n) is 4.19. The third-order valence-corrected chi connectivity index (χ3v) is 6.27. The molecule has 2 aliphatic rings. The highest BCUT2D eigenvalue weighted by atomic mass is 19.4. The van der Waals surface area contributed by atoms with Crippen LogP contribution >= 0.6 is 0 Å². The summed E-state index contributed by atoms with van der Waals surface area (Å²) in [6.45, 7) is 2.20. The normalized spacial score (nSPS) is 20.3. The van der Waals surface area contributed by atoms with E-state index in [1.165, 1.54) is 24.5 Å². The van der Waals surface area contributed by atoms with Crippen LogP contribution in [0.25, 0.3) is 5.69 Å². The highest BCUT2D eigenvalue weighted by molar-refractivity contribution is 6.13. The lowest BCUT2D eigenvalue weighted by Gasteiger charge is -2.22. The molecular weight excluding hydrogens is 476 g/mol. The predicted octanol–water partition coefficient (Wildman–Crippen LogP) is 4.75. The molecule has 0 unspecified atom stereocenters. The summed E-state index contributed by atoms with van der Waals surface area (Å²) < 4.78 is 62.6. The number of anilines is 1. The Balaban J connectivity index is 1.75. The summed E-state index contributed by atoms with van der Waals surface area (Å²) in [4.78, 5) is 9.01. The number of pyridine rings is 1. The quantitative estimate of drug-likeness (QED) is 0.495. The Morgan fingerprint density at radius 2 is 2.00 bits per heavy atom. The molecule has 7 nitrogen and oxygen atoms in total. The molecule has 1 fully saturated rings. The zero-order valence-corrected chi connectivity index (χ0v) is 19.4. The van der Waals surface area contributed by atoms with Crippen molar-refractivity contribution in [3.05, 3.63) is 76.6 Å². The number of alkyl halides is 3. The van der Waals surface area contributed by atoms with Crippen LogP contribution in [0.3, 0.4) is 0 Å². The number of hydrogen-bond acceptors (Lipinski definition) is 6. The summed E-state index contributed by atoms with van der Waals surface area (Å²) in [6.07, 6.45) is -0.491. The molecule has 2 aromatic heterocycles. The third-order valence-electron chi connectivity index (χ3n) is 6.27. The molecule has 1 atom stereocenters. The second-order valence-electron chi connectivity index (χ2n) is 9.00. The van der Waals surface area contributed by atoms with Crippen LogP contribution in [0.4, 0.5) is 23.4 Å². The first kappa shape index (κ1) is 23.8. The molecule has 4 N–H and O–H groups in total. The number of nitrogen functional groups attached to an aromatic ring is 1. The minimum absolute atomic E-state index is 0.00511. The van der Waals surface area contributed by atoms with Crippen molar-refractivity contribution in [3.8, 4) is 11.4 Å². The van der Waals surface area contributed by atoms with E-state index in [2.05, 4.69) is 10.1 Å². The number of benzene rings is 1. The van der Waals surface area contributed by atoms with Crippen molar-refractivity contribution in [2.45, 2.75) is 38.5 Å². The number of ether oxygens (including phenoxy) is 1. The van der Waals surface area contributed by atoms with E-state index in [-0.39, 0.29) is 29.4 Å². The number of hydrogen-bond donors (Lipinski definition) is 2. The summed E-state index contributed by atoms with van der Waals surface area (Å²) >= 11 is 0. The number of fused-ring (bicyclic) bond motifs is 5. The van der Waals surface area contributed by atoms with Gasteiger partial charge in [-0.3, -0.25) is 4.99 Å². The molecule has 1 saturated carbocycles. The number of rotatable bonds is 2. The second-order valence-corrected chi connectivity index (χ2v) is 9.00. The fourth-order valence-corrected chi connectivity index (χ4v) is 4.19. The SMILES string of the molecule is C[C@H]1Oc2cc(cnc2N)C(=NCC2CC2)C(=CN)Cc2cc(C(F)(F)F)nn2-c2ccc(F)cc21. The molecule has 3 heterocycles. The maximum atomic E-state index is 14.3. The molecule has 1 aliphatic heterocycles. The average molecular weight is 501 g/mol. The van der Waals surface area contributed by atoms with E-state index in [4.69, 9.17) is 21.2 Å². The van der Waals surface area contributed by atoms with Gasteiger partial charge in [0.1, 0.15) is 11.9 Å². The lowest BCUT2D eigenvalue weighted by atomic mass is 9.99. The molecular formula is C25H24F4N6O. The van der Waals surface area contributed by atoms with Gasteiger partial charge in [0.25, 0.3) is 0 Å². The third kappa shape index (κ3) is 4.65. The smallest absolute Gasteiger partial charge is 0.435 e. The first-order chi connectivity index (χ1) is 17.1. The summed E-state index contributed by atoms with van der Waals surface area (Å²) in [5, 5.41) is 3.85. The molecule has 1 aromatic carbocycles. The first-order valence-electron chi connectivity index (χ1n) is 11.5. The number of allylic oxidation sites excluding steroid dienone is 1. The number of nitrogens with zero attached hydrogens (tertiary/aromatic N) is 4. The molecule has 2 bridgehead atoms. The zero-order chi connectivity index (χ0) is 25.6. The highest BCUT2D eigenvalue weighted by Gasteiger charge is 2.36. The van der Waals surface area contributed by atoms with E-state index in [0.29, 0.717) is 34.9 Å². The van der Waals surface area contributed by atoms with Gasteiger partial charge >= 0.3 is 6.18 Å². The van der Waals surface area contributed by atoms with Crippen LogP contribution in [0.5, 0.6) is 5.75 Å². The van der Waals surface area contributed by atoms with Crippen LogP contribution < -0.4 is 16.2 Å². The van der Waals surface area contributed by atoms with Gasteiger partial charge in [-0.15, -0.1) is 0 Å². The number of aromatic nitrogens is 3. The van der Waals surface area contributed by atoms with Gasteiger partial charge in [-0.1, -0.05) is 0 Å². The molecule has 36 heavy (non-hydrogen) atoms. The molecule has 1 aliphatic carbocycles. The number of aliphatic imine (C=N–C) groups is 1. The lowest BCUT2D eigenvalue weighted by molar-refractivity contribution is -0.141. The number of halogens is 4. The van der Waals surface area contributed by atoms with E-state index in [0.717, 1.165) is 29.7 Å². The maximum absolute atomic E-state index is 14.3. The van der Waals surface area contributed by atoms with E-state index < -0.39 is 23.8 Å². The Labute approximate surface area is 204 Å². The van der Waals surface area contributed by atoms with Crippen LogP contribution in [0.15, 0.2) is 53.3 Å². The Bertz CT molecular complexity index is 1370. The monoisotopic (exact) mass is 500 g/mol. The van der Waals surface area contributed by atoms with Crippen LogP contribution in [0.1, 0.15) is 48.4 Å². The standard InChI is InChI=1S/C25H24F4N6O/c1-13-19-8-17(26)4-5-20(19)35-18(9-22(34-35)25(27,28)29)6-15(10-30)23(32-11-14-2-3-14)16-7-21(36-13)24(31)33-12-16/h4-5,7-10,12-14H,2-3,6,11,30H2,1H3,(H2,31,33)/t13-/m1/s1. The molecule has 11 heteroatoms. The van der Waals surface area contributed by atoms with Crippen molar-refractivity contribution in [2.24, 2.45) is 16.6 Å². The van der Waals surface area contributed by atoms with Gasteiger partial charge in [-0.05, 0) is 67.8 Å². The number of nitrogens with two attached hydrogens (primary N) is 2. The van der Waals surface area contributed by atoms with Crippen molar-refractivity contribution >= 4 is 11.5 Å². The zero-order valence-electron chi connectivity index (χ0n) is 19.4. The Morgan fingerprint density at radius 1 is 1.22 bits per heavy atom. The lowest BCUT2D eigenvalue weighted by Crippen LogP contribution is -2.18. The second kappa shape index (κ2) is 8.96. The van der Waals surface area contributed by atoms with Crippen molar-refractivity contribution in [1.29, 1.82) is 0 Å². The van der Waals surface area contributed by atoms with Crippen LogP contribution in [-0.2, 0) is 12.6 Å². The van der Waals surface area contributed by atoms with Gasteiger partial charge < -0.3 is 16.2 Å². The van der Waals surface area contributed by atoms with Crippen LogP contribution in [0, 0.1) is 11.7 Å². The van der Waals surface area contributed by atoms with E-state index >= 15 is 0 Å². The van der Waals surface area contributed by atoms with Gasteiger partial charge in [0.15, 0.2) is 17.3 Å². The van der Waals surface area contributed by atoms with Crippen molar-refractivity contribution in [3.63, 3.8) is 0 Å². The van der Waals surface area contributed by atoms with Crippen molar-refractivity contribution < 1.29 is 22.3 Å². The molecule has 0 spiro atoms. The minimum atomic E-state index is -4.68. The van der Waals surface area contributed by atoms with Crippen LogP contribution in [-0.4, -0.2) is 27.0 Å². The van der Waals surface area contributed by atoms with Gasteiger partial charge in [-0.25, -0.2) is 14.1 Å². The van der Waals surface area contributed by atoms with Crippen molar-refractivity contribution in [1.82, 2.24) is 14.8 Å². The topological polar surface area (TPSA) is 104 Å². The molecule has 0 radical (unpaired) electrons. The molecule has 0 saturated heterocycles. The Morgan fingerprint density at radius 3 is 2.69 bits per heavy atom. The van der Waals surface area contributed by atoms with E-state index in [1.807, 2.05) is 0 Å². The Hall–Kier alpha value is -3.89. The first-order valence-corrected chi connectivity index (χ1v) is 11.5. The van der Waals surface area contributed by atoms with Crippen molar-refractivity contribution in [2.75, 3.05) is 12.3 Å². The van der Waals surface area contributed by atoms with Gasteiger partial charge in [0.2, 0.25) is 0 Å². The maximum Gasteiger partial charge on any atom is 0.435 e. The fraction of sp³-hybridized carbons (Fsp3) is 0.320. The molecule has 188 valence electrons. The molecule has 5 rings (SSSR count). The van der Waals surface area contributed by atoms with Gasteiger partial charge in [0, 0.05) is 36.0 Å². The largest absolute Gasteiger partial charge is 0.482 e. The van der Waals surface area contributed by atoms with E-state index in [1.54, 1.807) is 13.0 Å². The Kier molecular flexibility index (Phi) is 5.93.